The minimum atomic E-state index is -0.278. The van der Waals surface area contributed by atoms with E-state index in [0.717, 1.165) is 19.4 Å². The van der Waals surface area contributed by atoms with Crippen LogP contribution in [0.15, 0.2) is 18.2 Å². The van der Waals surface area contributed by atoms with Gasteiger partial charge in [0.2, 0.25) is 0 Å². The van der Waals surface area contributed by atoms with Crippen molar-refractivity contribution < 1.29 is 9.18 Å². The molecule has 1 aliphatic rings. The third kappa shape index (κ3) is 2.88. The molecule has 2 rings (SSSR count). The Morgan fingerprint density at radius 1 is 1.50 bits per heavy atom. The Morgan fingerprint density at radius 3 is 2.94 bits per heavy atom. The molecule has 1 fully saturated rings. The smallest absolute Gasteiger partial charge is 0.251 e. The zero-order valence-corrected chi connectivity index (χ0v) is 10.8. The largest absolute Gasteiger partial charge is 0.348 e. The number of halogens is 1. The summed E-state index contributed by atoms with van der Waals surface area (Å²) in [7, 11) is 0. The molecule has 1 aliphatic heterocycles. The summed E-state index contributed by atoms with van der Waals surface area (Å²) in [5.74, 6) is -0.405. The molecule has 1 heterocycles. The Kier molecular flexibility index (Phi) is 3.97. The summed E-state index contributed by atoms with van der Waals surface area (Å²) < 4.78 is 13.1. The van der Waals surface area contributed by atoms with Crippen LogP contribution in [0.4, 0.5) is 4.39 Å². The van der Waals surface area contributed by atoms with Crippen LogP contribution in [-0.2, 0) is 0 Å². The third-order valence-electron chi connectivity index (χ3n) is 3.50. The number of hydrogen-bond donors (Lipinski definition) is 2. The van der Waals surface area contributed by atoms with Crippen LogP contribution in [0.25, 0.3) is 0 Å². The number of carbonyl (C=O) groups excluding carboxylic acids is 1. The number of nitrogens with one attached hydrogen (secondary N) is 2. The normalized spacial score (nSPS) is 23.7. The first kappa shape index (κ1) is 13.0. The lowest BCUT2D eigenvalue weighted by molar-refractivity contribution is 0.0919. The van der Waals surface area contributed by atoms with E-state index >= 15 is 0 Å². The Morgan fingerprint density at radius 2 is 2.28 bits per heavy atom. The van der Waals surface area contributed by atoms with Gasteiger partial charge < -0.3 is 10.6 Å². The molecule has 1 saturated heterocycles. The number of carbonyl (C=O) groups is 1. The van der Waals surface area contributed by atoms with Gasteiger partial charge in [-0.15, -0.1) is 0 Å². The van der Waals surface area contributed by atoms with Crippen LogP contribution >= 0.6 is 0 Å². The molecule has 1 aromatic rings. The predicted molar refractivity (Wildman–Crippen MR) is 69.1 cm³/mol. The van der Waals surface area contributed by atoms with E-state index in [9.17, 15) is 9.18 Å². The van der Waals surface area contributed by atoms with E-state index in [0.29, 0.717) is 11.1 Å². The topological polar surface area (TPSA) is 41.1 Å². The number of rotatable bonds is 2. The molecule has 98 valence electrons. The highest BCUT2D eigenvalue weighted by Gasteiger charge is 2.22. The lowest BCUT2D eigenvalue weighted by Gasteiger charge is -2.30. The quantitative estimate of drug-likeness (QED) is 0.843. The maximum absolute atomic E-state index is 13.1. The van der Waals surface area contributed by atoms with Crippen molar-refractivity contribution in [2.75, 3.05) is 6.54 Å². The minimum absolute atomic E-state index is 0.126. The molecule has 3 nitrogen and oxygen atoms in total. The summed E-state index contributed by atoms with van der Waals surface area (Å²) in [6.07, 6.45) is 2.05. The summed E-state index contributed by atoms with van der Waals surface area (Å²) in [6.45, 7) is 4.74. The van der Waals surface area contributed by atoms with Gasteiger partial charge in [0.05, 0.1) is 0 Å². The van der Waals surface area contributed by atoms with E-state index in [1.165, 1.54) is 12.1 Å². The first-order valence-corrected chi connectivity index (χ1v) is 6.38. The van der Waals surface area contributed by atoms with E-state index in [4.69, 9.17) is 0 Å². The summed E-state index contributed by atoms with van der Waals surface area (Å²) in [5.41, 5.74) is 1.02. The van der Waals surface area contributed by atoms with Gasteiger partial charge in [0.25, 0.3) is 5.91 Å². The number of aryl methyl sites for hydroxylation is 1. The standard InChI is InChI=1S/C14H19FN2O/c1-9-8-11(5-6-12(9)15)14(18)17-13-4-3-7-16-10(13)2/h5-6,8,10,13,16H,3-4,7H2,1-2H3,(H,17,18)/t10-,13+/m1/s1. The fourth-order valence-electron chi connectivity index (χ4n) is 2.28. The molecule has 0 saturated carbocycles. The number of amides is 1. The number of piperidine rings is 1. The molecule has 0 spiro atoms. The summed E-state index contributed by atoms with van der Waals surface area (Å²) >= 11 is 0. The molecule has 2 atom stereocenters. The molecule has 18 heavy (non-hydrogen) atoms. The van der Waals surface area contributed by atoms with Crippen molar-refractivity contribution in [1.29, 1.82) is 0 Å². The van der Waals surface area contributed by atoms with Gasteiger partial charge in [0.15, 0.2) is 0 Å². The molecular formula is C14H19FN2O. The molecule has 0 radical (unpaired) electrons. The Labute approximate surface area is 107 Å². The molecule has 1 amide bonds. The fourth-order valence-corrected chi connectivity index (χ4v) is 2.28. The van der Waals surface area contributed by atoms with Gasteiger partial charge in [0.1, 0.15) is 5.82 Å². The molecule has 4 heteroatoms. The van der Waals surface area contributed by atoms with Crippen LogP contribution < -0.4 is 10.6 Å². The zero-order valence-electron chi connectivity index (χ0n) is 10.8. The fraction of sp³-hybridized carbons (Fsp3) is 0.500. The SMILES string of the molecule is Cc1cc(C(=O)N[C@H]2CCCN[C@@H]2C)ccc1F. The van der Waals surface area contributed by atoms with Gasteiger partial charge >= 0.3 is 0 Å². The van der Waals surface area contributed by atoms with Crippen molar-refractivity contribution >= 4 is 5.91 Å². The average Bonchev–Trinajstić information content (AvgIpc) is 2.35. The molecule has 0 bridgehead atoms. The predicted octanol–water partition coefficient (Wildman–Crippen LogP) is 2.00. The maximum atomic E-state index is 13.1. The van der Waals surface area contributed by atoms with E-state index in [-0.39, 0.29) is 23.8 Å². The van der Waals surface area contributed by atoms with Crippen molar-refractivity contribution in [3.05, 3.63) is 35.1 Å². The van der Waals surface area contributed by atoms with Gasteiger partial charge in [-0.2, -0.15) is 0 Å². The van der Waals surface area contributed by atoms with Crippen LogP contribution in [0.3, 0.4) is 0 Å². The number of benzene rings is 1. The van der Waals surface area contributed by atoms with Crippen molar-refractivity contribution in [3.63, 3.8) is 0 Å². The highest BCUT2D eigenvalue weighted by Crippen LogP contribution is 2.12. The second-order valence-corrected chi connectivity index (χ2v) is 4.93. The molecule has 1 aromatic carbocycles. The highest BCUT2D eigenvalue weighted by atomic mass is 19.1. The lowest BCUT2D eigenvalue weighted by atomic mass is 9.99. The van der Waals surface area contributed by atoms with Crippen LogP contribution in [0.2, 0.25) is 0 Å². The van der Waals surface area contributed by atoms with Crippen molar-refractivity contribution in [2.45, 2.75) is 38.8 Å². The second-order valence-electron chi connectivity index (χ2n) is 4.93. The molecule has 0 unspecified atom stereocenters. The van der Waals surface area contributed by atoms with E-state index in [1.807, 2.05) is 0 Å². The first-order chi connectivity index (χ1) is 8.58. The highest BCUT2D eigenvalue weighted by molar-refractivity contribution is 5.94. The summed E-state index contributed by atoms with van der Waals surface area (Å²) in [4.78, 5) is 12.1. The maximum Gasteiger partial charge on any atom is 0.251 e. The molecule has 0 aliphatic carbocycles. The third-order valence-corrected chi connectivity index (χ3v) is 3.50. The Balaban J connectivity index is 2.04. The van der Waals surface area contributed by atoms with E-state index < -0.39 is 0 Å². The van der Waals surface area contributed by atoms with Crippen molar-refractivity contribution in [3.8, 4) is 0 Å². The molecular weight excluding hydrogens is 231 g/mol. The van der Waals surface area contributed by atoms with Gasteiger partial charge in [0, 0.05) is 17.6 Å². The molecule has 0 aromatic heterocycles. The van der Waals surface area contributed by atoms with Crippen molar-refractivity contribution in [2.24, 2.45) is 0 Å². The van der Waals surface area contributed by atoms with Gasteiger partial charge in [-0.3, -0.25) is 4.79 Å². The molecule has 2 N–H and O–H groups in total. The van der Waals surface area contributed by atoms with Gasteiger partial charge in [-0.1, -0.05) is 0 Å². The van der Waals surface area contributed by atoms with E-state index in [2.05, 4.69) is 17.6 Å². The van der Waals surface area contributed by atoms with Crippen molar-refractivity contribution in [1.82, 2.24) is 10.6 Å². The first-order valence-electron chi connectivity index (χ1n) is 6.38. The summed E-state index contributed by atoms with van der Waals surface area (Å²) in [5, 5.41) is 6.34. The van der Waals surface area contributed by atoms with E-state index in [1.54, 1.807) is 13.0 Å². The number of hydrogen-bond acceptors (Lipinski definition) is 2. The lowest BCUT2D eigenvalue weighted by Crippen LogP contribution is -2.51. The van der Waals surface area contributed by atoms with Crippen LogP contribution in [0.5, 0.6) is 0 Å². The Bertz CT molecular complexity index is 447. The van der Waals surface area contributed by atoms with Crippen LogP contribution in [0, 0.1) is 12.7 Å². The summed E-state index contributed by atoms with van der Waals surface area (Å²) in [6, 6.07) is 4.89. The van der Waals surface area contributed by atoms with Gasteiger partial charge in [-0.05, 0) is 57.0 Å². The van der Waals surface area contributed by atoms with Crippen LogP contribution in [0.1, 0.15) is 35.7 Å². The second kappa shape index (κ2) is 5.48. The Hall–Kier alpha value is -1.42. The van der Waals surface area contributed by atoms with Crippen LogP contribution in [-0.4, -0.2) is 24.5 Å². The monoisotopic (exact) mass is 250 g/mol. The minimum Gasteiger partial charge on any atom is -0.348 e. The average molecular weight is 250 g/mol. The zero-order chi connectivity index (χ0) is 13.1. The van der Waals surface area contributed by atoms with Gasteiger partial charge in [-0.25, -0.2) is 4.39 Å².